The van der Waals surface area contributed by atoms with Crippen molar-refractivity contribution < 1.29 is 4.74 Å². The van der Waals surface area contributed by atoms with Gasteiger partial charge in [-0.2, -0.15) is 0 Å². The molecule has 2 nitrogen and oxygen atoms in total. The van der Waals surface area contributed by atoms with Gasteiger partial charge >= 0.3 is 0 Å². The van der Waals surface area contributed by atoms with Crippen LogP contribution in [0.2, 0.25) is 5.02 Å². The molecule has 0 amide bonds. The van der Waals surface area contributed by atoms with Gasteiger partial charge < -0.3 is 10.5 Å². The van der Waals surface area contributed by atoms with Gasteiger partial charge in [-0.1, -0.05) is 41.9 Å². The second kappa shape index (κ2) is 6.60. The second-order valence-electron chi connectivity index (χ2n) is 4.41. The zero-order chi connectivity index (χ0) is 13.7. The molecule has 3 heteroatoms. The van der Waals surface area contributed by atoms with E-state index in [0.717, 1.165) is 28.3 Å². The van der Waals surface area contributed by atoms with Crippen LogP contribution in [0, 0.1) is 0 Å². The molecule has 0 heterocycles. The summed E-state index contributed by atoms with van der Waals surface area (Å²) in [5.74, 6) is 0.856. The third kappa shape index (κ3) is 3.72. The zero-order valence-corrected chi connectivity index (χ0v) is 11.7. The molecular formula is C16H18ClNO. The van der Waals surface area contributed by atoms with Crippen molar-refractivity contribution in [2.75, 3.05) is 6.61 Å². The fraction of sp³-hybridized carbons (Fsp3) is 0.250. The highest BCUT2D eigenvalue weighted by Gasteiger charge is 2.10. The monoisotopic (exact) mass is 275 g/mol. The van der Waals surface area contributed by atoms with Gasteiger partial charge in [-0.15, -0.1) is 0 Å². The van der Waals surface area contributed by atoms with Gasteiger partial charge in [0.2, 0.25) is 0 Å². The Labute approximate surface area is 119 Å². The highest BCUT2D eigenvalue weighted by atomic mass is 35.5. The first-order valence-corrected chi connectivity index (χ1v) is 6.80. The molecule has 0 aliphatic carbocycles. The average molecular weight is 276 g/mol. The minimum atomic E-state index is -0.0830. The van der Waals surface area contributed by atoms with Crippen molar-refractivity contribution in [1.29, 1.82) is 0 Å². The van der Waals surface area contributed by atoms with Crippen LogP contribution < -0.4 is 10.5 Å². The summed E-state index contributed by atoms with van der Waals surface area (Å²) in [4.78, 5) is 0. The molecule has 2 aromatic rings. The smallest absolute Gasteiger partial charge is 0.119 e. The Kier molecular flexibility index (Phi) is 4.83. The molecule has 0 radical (unpaired) electrons. The molecule has 2 N–H and O–H groups in total. The van der Waals surface area contributed by atoms with Crippen LogP contribution in [0.5, 0.6) is 5.75 Å². The van der Waals surface area contributed by atoms with Crippen LogP contribution in [0.4, 0.5) is 0 Å². The Morgan fingerprint density at radius 2 is 1.95 bits per heavy atom. The van der Waals surface area contributed by atoms with Crippen molar-refractivity contribution in [2.24, 2.45) is 5.73 Å². The van der Waals surface area contributed by atoms with Crippen LogP contribution in [0.15, 0.2) is 48.5 Å². The number of halogens is 1. The average Bonchev–Trinajstić information content (AvgIpc) is 2.42. The summed E-state index contributed by atoms with van der Waals surface area (Å²) in [5.41, 5.74) is 8.38. The van der Waals surface area contributed by atoms with Gasteiger partial charge in [-0.05, 0) is 42.7 Å². The summed E-state index contributed by atoms with van der Waals surface area (Å²) < 4.78 is 5.49. The fourth-order valence-corrected chi connectivity index (χ4v) is 2.23. The van der Waals surface area contributed by atoms with Crippen LogP contribution in [0.25, 0.3) is 0 Å². The normalized spacial score (nSPS) is 12.2. The maximum atomic E-state index is 6.25. The van der Waals surface area contributed by atoms with Gasteiger partial charge in [0.15, 0.2) is 0 Å². The molecule has 2 aromatic carbocycles. The second-order valence-corrected chi connectivity index (χ2v) is 4.81. The Balaban J connectivity index is 2.13. The Hall–Kier alpha value is -1.51. The van der Waals surface area contributed by atoms with Crippen molar-refractivity contribution in [3.63, 3.8) is 0 Å². The Morgan fingerprint density at radius 1 is 1.16 bits per heavy atom. The minimum Gasteiger partial charge on any atom is -0.494 e. The first kappa shape index (κ1) is 13.9. The molecule has 0 saturated carbocycles. The first-order chi connectivity index (χ1) is 9.20. The predicted molar refractivity (Wildman–Crippen MR) is 79.7 cm³/mol. The molecule has 1 unspecified atom stereocenters. The Morgan fingerprint density at radius 3 is 2.68 bits per heavy atom. The summed E-state index contributed by atoms with van der Waals surface area (Å²) in [5, 5.41) is 0.763. The van der Waals surface area contributed by atoms with Crippen molar-refractivity contribution in [3.05, 3.63) is 64.7 Å². The fourth-order valence-electron chi connectivity index (χ4n) is 2.02. The lowest BCUT2D eigenvalue weighted by Crippen LogP contribution is -2.13. The minimum absolute atomic E-state index is 0.0830. The molecule has 0 aliphatic heterocycles. The van der Waals surface area contributed by atoms with E-state index < -0.39 is 0 Å². The molecule has 1 atom stereocenters. The van der Waals surface area contributed by atoms with E-state index in [2.05, 4.69) is 0 Å². The SMILES string of the molecule is CCOc1cccc(C(N)Cc2ccccc2Cl)c1. The third-order valence-corrected chi connectivity index (χ3v) is 3.36. The van der Waals surface area contributed by atoms with Crippen molar-refractivity contribution >= 4 is 11.6 Å². The number of benzene rings is 2. The topological polar surface area (TPSA) is 35.2 Å². The van der Waals surface area contributed by atoms with Crippen LogP contribution >= 0.6 is 11.6 Å². The molecule has 0 bridgehead atoms. The number of hydrogen-bond acceptors (Lipinski definition) is 2. The summed E-state index contributed by atoms with van der Waals surface area (Å²) in [6.45, 7) is 2.62. The molecule has 19 heavy (non-hydrogen) atoms. The van der Waals surface area contributed by atoms with Gasteiger partial charge in [-0.25, -0.2) is 0 Å². The lowest BCUT2D eigenvalue weighted by molar-refractivity contribution is 0.339. The van der Waals surface area contributed by atoms with E-state index in [-0.39, 0.29) is 6.04 Å². The molecule has 100 valence electrons. The van der Waals surface area contributed by atoms with Crippen LogP contribution in [-0.2, 0) is 6.42 Å². The van der Waals surface area contributed by atoms with E-state index in [1.54, 1.807) is 0 Å². The molecular weight excluding hydrogens is 258 g/mol. The standard InChI is InChI=1S/C16H18ClNO/c1-2-19-14-8-5-7-13(10-14)16(18)11-12-6-3-4-9-15(12)17/h3-10,16H,2,11,18H2,1H3. The van der Waals surface area contributed by atoms with Gasteiger partial charge in [0.05, 0.1) is 6.61 Å². The van der Waals surface area contributed by atoms with Crippen molar-refractivity contribution in [3.8, 4) is 5.75 Å². The van der Waals surface area contributed by atoms with E-state index >= 15 is 0 Å². The van der Waals surface area contributed by atoms with Crippen molar-refractivity contribution in [1.82, 2.24) is 0 Å². The summed E-state index contributed by atoms with van der Waals surface area (Å²) in [6.07, 6.45) is 0.718. The number of hydrogen-bond donors (Lipinski definition) is 1. The van der Waals surface area contributed by atoms with Gasteiger partial charge in [0.25, 0.3) is 0 Å². The number of rotatable bonds is 5. The summed E-state index contributed by atoms with van der Waals surface area (Å²) in [6, 6.07) is 15.6. The van der Waals surface area contributed by atoms with Crippen molar-refractivity contribution in [2.45, 2.75) is 19.4 Å². The molecule has 0 spiro atoms. The lowest BCUT2D eigenvalue weighted by atomic mass is 9.99. The largest absolute Gasteiger partial charge is 0.494 e. The maximum absolute atomic E-state index is 6.25. The molecule has 0 aromatic heterocycles. The van der Waals surface area contributed by atoms with Crippen LogP contribution in [-0.4, -0.2) is 6.61 Å². The maximum Gasteiger partial charge on any atom is 0.119 e. The van der Waals surface area contributed by atoms with E-state index in [0.29, 0.717) is 6.61 Å². The van der Waals surface area contributed by atoms with Crippen LogP contribution in [0.1, 0.15) is 24.1 Å². The Bertz CT molecular complexity index is 542. The van der Waals surface area contributed by atoms with Gasteiger partial charge in [0, 0.05) is 11.1 Å². The third-order valence-electron chi connectivity index (χ3n) is 2.99. The number of ether oxygens (including phenoxy) is 1. The number of nitrogens with two attached hydrogens (primary N) is 1. The highest BCUT2D eigenvalue weighted by Crippen LogP contribution is 2.24. The first-order valence-electron chi connectivity index (χ1n) is 6.42. The molecule has 0 aliphatic rings. The molecule has 0 saturated heterocycles. The van der Waals surface area contributed by atoms with E-state index in [1.165, 1.54) is 0 Å². The quantitative estimate of drug-likeness (QED) is 0.896. The van der Waals surface area contributed by atoms with E-state index in [1.807, 2.05) is 55.5 Å². The summed E-state index contributed by atoms with van der Waals surface area (Å²) in [7, 11) is 0. The lowest BCUT2D eigenvalue weighted by Gasteiger charge is -2.14. The van der Waals surface area contributed by atoms with Gasteiger partial charge in [0.1, 0.15) is 5.75 Å². The van der Waals surface area contributed by atoms with E-state index in [9.17, 15) is 0 Å². The van der Waals surface area contributed by atoms with Gasteiger partial charge in [-0.3, -0.25) is 0 Å². The molecule has 0 fully saturated rings. The highest BCUT2D eigenvalue weighted by molar-refractivity contribution is 6.31. The molecule has 2 rings (SSSR count). The predicted octanol–water partition coefficient (Wildman–Crippen LogP) is 3.98. The summed E-state index contributed by atoms with van der Waals surface area (Å²) >= 11 is 6.16. The van der Waals surface area contributed by atoms with E-state index in [4.69, 9.17) is 22.1 Å². The zero-order valence-electron chi connectivity index (χ0n) is 11.0. The van der Waals surface area contributed by atoms with Crippen LogP contribution in [0.3, 0.4) is 0 Å².